The van der Waals surface area contributed by atoms with Gasteiger partial charge in [0.2, 0.25) is 0 Å². The van der Waals surface area contributed by atoms with Crippen molar-refractivity contribution in [3.8, 4) is 0 Å². The predicted octanol–water partition coefficient (Wildman–Crippen LogP) is 1.69. The lowest BCUT2D eigenvalue weighted by atomic mass is 9.97. The van der Waals surface area contributed by atoms with E-state index in [-0.39, 0.29) is 23.7 Å². The molecule has 1 atom stereocenters. The van der Waals surface area contributed by atoms with Gasteiger partial charge in [-0.2, -0.15) is 0 Å². The van der Waals surface area contributed by atoms with E-state index >= 15 is 0 Å². The topological polar surface area (TPSA) is 29.1 Å². The van der Waals surface area contributed by atoms with E-state index in [1.54, 1.807) is 0 Å². The van der Waals surface area contributed by atoms with Gasteiger partial charge in [0.05, 0.1) is 0 Å². The summed E-state index contributed by atoms with van der Waals surface area (Å²) in [7, 11) is 0. The fourth-order valence-electron chi connectivity index (χ4n) is 1.95. The summed E-state index contributed by atoms with van der Waals surface area (Å²) < 4.78 is 26.6. The summed E-state index contributed by atoms with van der Waals surface area (Å²) in [5.41, 5.74) is -0.112. The molecule has 2 nitrogen and oxygen atoms in total. The Balaban J connectivity index is 2.11. The summed E-state index contributed by atoms with van der Waals surface area (Å²) in [4.78, 5) is 11.7. The molecule has 1 aliphatic rings. The van der Waals surface area contributed by atoms with Gasteiger partial charge in [-0.15, -0.1) is 0 Å². The molecule has 0 bridgehead atoms. The quantitative estimate of drug-likeness (QED) is 0.848. The number of nitrogens with one attached hydrogen (secondary N) is 1. The highest BCUT2D eigenvalue weighted by molar-refractivity contribution is 5.83. The molecule has 0 aliphatic carbocycles. The van der Waals surface area contributed by atoms with E-state index in [4.69, 9.17) is 0 Å². The number of carbonyl (C=O) groups is 1. The van der Waals surface area contributed by atoms with Crippen LogP contribution in [0.4, 0.5) is 8.78 Å². The summed E-state index contributed by atoms with van der Waals surface area (Å²) in [5, 5.41) is 3.06. The molecule has 1 unspecified atom stereocenters. The number of rotatable bonds is 3. The maximum atomic E-state index is 13.3. The van der Waals surface area contributed by atoms with Crippen LogP contribution in [-0.2, 0) is 11.2 Å². The van der Waals surface area contributed by atoms with Gasteiger partial charge < -0.3 is 5.32 Å². The van der Waals surface area contributed by atoms with Crippen LogP contribution < -0.4 is 5.32 Å². The lowest BCUT2D eigenvalue weighted by Gasteiger charge is -2.08. The van der Waals surface area contributed by atoms with E-state index in [0.717, 1.165) is 13.0 Å². The van der Waals surface area contributed by atoms with Crippen molar-refractivity contribution < 1.29 is 13.6 Å². The van der Waals surface area contributed by atoms with E-state index in [2.05, 4.69) is 5.32 Å². The van der Waals surface area contributed by atoms with Crippen LogP contribution in [0.2, 0.25) is 0 Å². The monoisotopic (exact) mass is 225 g/mol. The Morgan fingerprint density at radius 3 is 2.62 bits per heavy atom. The molecule has 1 fully saturated rings. The molecule has 86 valence electrons. The Morgan fingerprint density at radius 2 is 2.06 bits per heavy atom. The van der Waals surface area contributed by atoms with Gasteiger partial charge >= 0.3 is 0 Å². The minimum absolute atomic E-state index is 0.0889. The molecule has 1 saturated heterocycles. The van der Waals surface area contributed by atoms with E-state index in [0.29, 0.717) is 6.54 Å². The number of hydrogen-bond donors (Lipinski definition) is 1. The van der Waals surface area contributed by atoms with Gasteiger partial charge in [0.15, 0.2) is 0 Å². The molecule has 1 heterocycles. The van der Waals surface area contributed by atoms with Gasteiger partial charge in [-0.3, -0.25) is 4.79 Å². The number of benzene rings is 1. The first-order valence-electron chi connectivity index (χ1n) is 5.35. The first-order valence-corrected chi connectivity index (χ1v) is 5.35. The fourth-order valence-corrected chi connectivity index (χ4v) is 1.95. The van der Waals surface area contributed by atoms with Crippen LogP contribution in [0.25, 0.3) is 0 Å². The maximum Gasteiger partial charge on any atom is 0.141 e. The van der Waals surface area contributed by atoms with Crippen LogP contribution >= 0.6 is 0 Å². The Hall–Kier alpha value is -1.29. The molecule has 4 heteroatoms. The molecule has 0 radical (unpaired) electrons. The van der Waals surface area contributed by atoms with Gasteiger partial charge in [-0.05, 0) is 25.1 Å². The molecule has 0 amide bonds. The second kappa shape index (κ2) is 4.70. The molecule has 0 spiro atoms. The lowest BCUT2D eigenvalue weighted by molar-refractivity contribution is -0.121. The molecule has 2 rings (SSSR count). The Morgan fingerprint density at radius 1 is 1.38 bits per heavy atom. The Labute approximate surface area is 92.7 Å². The second-order valence-electron chi connectivity index (χ2n) is 4.03. The average Bonchev–Trinajstić information content (AvgIpc) is 2.76. The third kappa shape index (κ3) is 2.27. The number of hydrogen-bond acceptors (Lipinski definition) is 2. The normalized spacial score (nSPS) is 20.0. The SMILES string of the molecule is O=C(Cc1c(F)cccc1F)C1CCNC1. The lowest BCUT2D eigenvalue weighted by Crippen LogP contribution is -2.20. The van der Waals surface area contributed by atoms with Crippen molar-refractivity contribution >= 4 is 5.78 Å². The Bertz CT molecular complexity index is 380. The smallest absolute Gasteiger partial charge is 0.141 e. The molecular weight excluding hydrogens is 212 g/mol. The molecular formula is C12H13F2NO. The van der Waals surface area contributed by atoms with Crippen LogP contribution in [0, 0.1) is 17.6 Å². The number of ketones is 1. The summed E-state index contributed by atoms with van der Waals surface area (Å²) in [6, 6.07) is 3.66. The highest BCUT2D eigenvalue weighted by Gasteiger charge is 2.24. The standard InChI is InChI=1S/C12H13F2NO/c13-10-2-1-3-11(14)9(10)6-12(16)8-4-5-15-7-8/h1-3,8,15H,4-7H2. The van der Waals surface area contributed by atoms with Crippen molar-refractivity contribution in [1.82, 2.24) is 5.32 Å². The summed E-state index contributed by atoms with van der Waals surface area (Å²) in [6.45, 7) is 1.42. The number of Topliss-reactive ketones (excluding diaryl/α,β-unsaturated/α-hetero) is 1. The van der Waals surface area contributed by atoms with Crippen molar-refractivity contribution in [2.45, 2.75) is 12.8 Å². The van der Waals surface area contributed by atoms with Crippen molar-refractivity contribution in [2.24, 2.45) is 5.92 Å². The maximum absolute atomic E-state index is 13.3. The highest BCUT2D eigenvalue weighted by atomic mass is 19.1. The highest BCUT2D eigenvalue weighted by Crippen LogP contribution is 2.17. The van der Waals surface area contributed by atoms with E-state index in [1.807, 2.05) is 0 Å². The van der Waals surface area contributed by atoms with Gasteiger partial charge in [0, 0.05) is 24.4 Å². The minimum atomic E-state index is -0.640. The first kappa shape index (κ1) is 11.2. The zero-order valence-corrected chi connectivity index (χ0v) is 8.80. The van der Waals surface area contributed by atoms with Crippen LogP contribution in [-0.4, -0.2) is 18.9 Å². The Kier molecular flexibility index (Phi) is 3.29. The first-order chi connectivity index (χ1) is 7.68. The molecule has 1 aromatic rings. The minimum Gasteiger partial charge on any atom is -0.316 e. The fraction of sp³-hybridized carbons (Fsp3) is 0.417. The van der Waals surface area contributed by atoms with E-state index in [1.165, 1.54) is 18.2 Å². The molecule has 0 aromatic heterocycles. The van der Waals surface area contributed by atoms with Crippen molar-refractivity contribution in [3.05, 3.63) is 35.4 Å². The zero-order valence-electron chi connectivity index (χ0n) is 8.80. The van der Waals surface area contributed by atoms with Gasteiger partial charge in [-0.25, -0.2) is 8.78 Å². The summed E-state index contributed by atoms with van der Waals surface area (Å²) in [6.07, 6.45) is 0.611. The van der Waals surface area contributed by atoms with Crippen LogP contribution in [0.15, 0.2) is 18.2 Å². The van der Waals surface area contributed by atoms with Crippen molar-refractivity contribution in [3.63, 3.8) is 0 Å². The van der Waals surface area contributed by atoms with Gasteiger partial charge in [-0.1, -0.05) is 6.07 Å². The van der Waals surface area contributed by atoms with Crippen molar-refractivity contribution in [2.75, 3.05) is 13.1 Å². The summed E-state index contributed by atoms with van der Waals surface area (Å²) >= 11 is 0. The van der Waals surface area contributed by atoms with E-state index < -0.39 is 11.6 Å². The largest absolute Gasteiger partial charge is 0.316 e. The predicted molar refractivity (Wildman–Crippen MR) is 56.0 cm³/mol. The van der Waals surface area contributed by atoms with E-state index in [9.17, 15) is 13.6 Å². The number of carbonyl (C=O) groups excluding carboxylic acids is 1. The van der Waals surface area contributed by atoms with Gasteiger partial charge in [0.25, 0.3) is 0 Å². The van der Waals surface area contributed by atoms with Crippen LogP contribution in [0.1, 0.15) is 12.0 Å². The van der Waals surface area contributed by atoms with Crippen LogP contribution in [0.5, 0.6) is 0 Å². The molecule has 0 saturated carbocycles. The molecule has 1 aromatic carbocycles. The molecule has 1 N–H and O–H groups in total. The second-order valence-corrected chi connectivity index (χ2v) is 4.03. The third-order valence-electron chi connectivity index (χ3n) is 2.93. The third-order valence-corrected chi connectivity index (χ3v) is 2.93. The average molecular weight is 225 g/mol. The number of halogens is 2. The molecule has 16 heavy (non-hydrogen) atoms. The summed E-state index contributed by atoms with van der Waals surface area (Å²) in [5.74, 6) is -1.47. The van der Waals surface area contributed by atoms with Crippen LogP contribution in [0.3, 0.4) is 0 Å². The molecule has 1 aliphatic heterocycles. The zero-order chi connectivity index (χ0) is 11.5. The van der Waals surface area contributed by atoms with Gasteiger partial charge in [0.1, 0.15) is 17.4 Å². The van der Waals surface area contributed by atoms with Crippen molar-refractivity contribution in [1.29, 1.82) is 0 Å².